The molecule has 3 heterocycles. The molecule has 1 aromatic heterocycles. The van der Waals surface area contributed by atoms with E-state index in [0.29, 0.717) is 0 Å². The highest BCUT2D eigenvalue weighted by Gasteiger charge is 2.35. The van der Waals surface area contributed by atoms with Crippen LogP contribution in [0.25, 0.3) is 16.7 Å². The van der Waals surface area contributed by atoms with Crippen molar-refractivity contribution in [3.05, 3.63) is 66.0 Å². The molecule has 0 saturated carbocycles. The molecule has 0 bridgehead atoms. The molecule has 0 saturated heterocycles. The van der Waals surface area contributed by atoms with E-state index in [1.165, 1.54) is 11.3 Å². The van der Waals surface area contributed by atoms with Crippen LogP contribution < -0.4 is 5.01 Å². The zero-order valence-electron chi connectivity index (χ0n) is 12.9. The Balaban J connectivity index is 1.87. The Morgan fingerprint density at radius 1 is 1.27 bits per heavy atom. The molecular formula is C18H19N4-. The van der Waals surface area contributed by atoms with Gasteiger partial charge in [0.05, 0.1) is 11.4 Å². The first-order valence-corrected chi connectivity index (χ1v) is 7.71. The lowest BCUT2D eigenvalue weighted by atomic mass is 9.77. The summed E-state index contributed by atoms with van der Waals surface area (Å²) in [7, 11) is 0. The Kier molecular flexibility index (Phi) is 2.94. The molecule has 0 amide bonds. The minimum absolute atomic E-state index is 0.115. The van der Waals surface area contributed by atoms with Crippen molar-refractivity contribution in [1.29, 1.82) is 0 Å². The molecule has 112 valence electrons. The van der Waals surface area contributed by atoms with Crippen molar-refractivity contribution in [2.45, 2.75) is 25.7 Å². The average molecular weight is 291 g/mol. The van der Waals surface area contributed by atoms with E-state index in [1.807, 2.05) is 41.9 Å². The molecule has 2 aromatic rings. The molecule has 1 aromatic carbocycles. The lowest BCUT2D eigenvalue weighted by Crippen LogP contribution is -2.47. The van der Waals surface area contributed by atoms with Crippen LogP contribution in [0.3, 0.4) is 0 Å². The average Bonchev–Trinajstić information content (AvgIpc) is 3.03. The third kappa shape index (κ3) is 1.91. The van der Waals surface area contributed by atoms with Crippen LogP contribution in [0.2, 0.25) is 0 Å². The lowest BCUT2D eigenvalue weighted by molar-refractivity contribution is 0.253. The molecule has 0 aliphatic carbocycles. The van der Waals surface area contributed by atoms with Crippen LogP contribution in [0, 0.1) is 0 Å². The van der Waals surface area contributed by atoms with E-state index in [1.54, 1.807) is 0 Å². The van der Waals surface area contributed by atoms with Gasteiger partial charge in [0.15, 0.2) is 0 Å². The van der Waals surface area contributed by atoms with Gasteiger partial charge >= 0.3 is 0 Å². The summed E-state index contributed by atoms with van der Waals surface area (Å²) >= 11 is 0. The van der Waals surface area contributed by atoms with Gasteiger partial charge in [-0.15, -0.1) is 6.20 Å². The number of anilines is 1. The van der Waals surface area contributed by atoms with Crippen LogP contribution in [-0.2, 0) is 5.41 Å². The largest absolute Gasteiger partial charge is 0.606 e. The van der Waals surface area contributed by atoms with Crippen molar-refractivity contribution in [1.82, 2.24) is 10.1 Å². The van der Waals surface area contributed by atoms with Crippen molar-refractivity contribution in [2.75, 3.05) is 11.6 Å². The monoisotopic (exact) mass is 291 g/mol. The molecule has 0 fully saturated rings. The van der Waals surface area contributed by atoms with Gasteiger partial charge in [-0.3, -0.25) is 15.1 Å². The fourth-order valence-electron chi connectivity index (χ4n) is 3.25. The highest BCUT2D eigenvalue weighted by atomic mass is 15.8. The Bertz CT molecular complexity index is 725. The van der Waals surface area contributed by atoms with Crippen molar-refractivity contribution in [3.8, 4) is 11.3 Å². The van der Waals surface area contributed by atoms with E-state index in [2.05, 4.69) is 47.5 Å². The summed E-state index contributed by atoms with van der Waals surface area (Å²) in [5, 5.41) is 4.19. The molecule has 1 atom stereocenters. The van der Waals surface area contributed by atoms with Gasteiger partial charge < -0.3 is 5.43 Å². The van der Waals surface area contributed by atoms with E-state index in [4.69, 9.17) is 0 Å². The zero-order valence-corrected chi connectivity index (χ0v) is 12.9. The van der Waals surface area contributed by atoms with Crippen molar-refractivity contribution < 1.29 is 0 Å². The van der Waals surface area contributed by atoms with Gasteiger partial charge in [0.2, 0.25) is 0 Å². The van der Waals surface area contributed by atoms with Crippen molar-refractivity contribution in [3.63, 3.8) is 0 Å². The van der Waals surface area contributed by atoms with Gasteiger partial charge in [-0.25, -0.2) is 0 Å². The third-order valence-electron chi connectivity index (χ3n) is 4.78. The summed E-state index contributed by atoms with van der Waals surface area (Å²) in [4.78, 5) is 4.47. The first-order chi connectivity index (χ1) is 10.7. The van der Waals surface area contributed by atoms with Gasteiger partial charge in [-0.1, -0.05) is 32.0 Å². The predicted octanol–water partition coefficient (Wildman–Crippen LogP) is 4.23. The molecule has 4 rings (SSSR count). The Morgan fingerprint density at radius 3 is 2.95 bits per heavy atom. The predicted molar refractivity (Wildman–Crippen MR) is 89.0 cm³/mol. The number of fused-ring (bicyclic) bond motifs is 3. The number of hydrogen-bond acceptors (Lipinski definition) is 3. The second-order valence-corrected chi connectivity index (χ2v) is 6.15. The second-order valence-electron chi connectivity index (χ2n) is 6.15. The number of rotatable bonds is 2. The SMILES string of the molecule is CCC1(C)CN2[N-]C=CN2c2cc(-c3ccccn3)ccc21. The van der Waals surface area contributed by atoms with Crippen LogP contribution in [-0.4, -0.2) is 16.6 Å². The highest BCUT2D eigenvalue weighted by Crippen LogP contribution is 2.44. The quantitative estimate of drug-likeness (QED) is 0.830. The van der Waals surface area contributed by atoms with Crippen molar-refractivity contribution in [2.24, 2.45) is 0 Å². The second kappa shape index (κ2) is 4.85. The highest BCUT2D eigenvalue weighted by molar-refractivity contribution is 5.71. The topological polar surface area (TPSA) is 33.5 Å². The zero-order chi connectivity index (χ0) is 15.2. The first-order valence-electron chi connectivity index (χ1n) is 7.71. The van der Waals surface area contributed by atoms with E-state index < -0.39 is 0 Å². The maximum absolute atomic E-state index is 4.47. The molecule has 2 aliphatic heterocycles. The van der Waals surface area contributed by atoms with E-state index in [0.717, 1.165) is 24.2 Å². The molecule has 22 heavy (non-hydrogen) atoms. The maximum Gasteiger partial charge on any atom is 0.0702 e. The molecule has 4 heteroatoms. The smallest absolute Gasteiger partial charge is 0.0702 e. The minimum atomic E-state index is 0.115. The Hall–Kier alpha value is -2.33. The van der Waals surface area contributed by atoms with Gasteiger partial charge in [-0.2, -0.15) is 0 Å². The fourth-order valence-corrected chi connectivity index (χ4v) is 3.25. The van der Waals surface area contributed by atoms with Crippen molar-refractivity contribution >= 4 is 5.69 Å². The van der Waals surface area contributed by atoms with Gasteiger partial charge in [0, 0.05) is 23.7 Å². The Labute approximate surface area is 131 Å². The van der Waals surface area contributed by atoms with Crippen LogP contribution >= 0.6 is 0 Å². The Morgan fingerprint density at radius 2 is 2.18 bits per heavy atom. The molecular weight excluding hydrogens is 272 g/mol. The number of benzene rings is 1. The number of aromatic nitrogens is 1. The summed E-state index contributed by atoms with van der Waals surface area (Å²) < 4.78 is 0. The first kappa shape index (κ1) is 13.3. The summed E-state index contributed by atoms with van der Waals surface area (Å²) in [5.41, 5.74) is 9.31. The molecule has 0 N–H and O–H groups in total. The third-order valence-corrected chi connectivity index (χ3v) is 4.78. The van der Waals surface area contributed by atoms with Crippen LogP contribution in [0.5, 0.6) is 0 Å². The van der Waals surface area contributed by atoms with Crippen LogP contribution in [0.1, 0.15) is 25.8 Å². The van der Waals surface area contributed by atoms with E-state index in [9.17, 15) is 0 Å². The van der Waals surface area contributed by atoms with Gasteiger partial charge in [0.25, 0.3) is 0 Å². The van der Waals surface area contributed by atoms with E-state index in [-0.39, 0.29) is 5.41 Å². The fraction of sp³-hybridized carbons (Fsp3) is 0.278. The number of hydrogen-bond donors (Lipinski definition) is 0. The van der Waals surface area contributed by atoms with Gasteiger partial charge in [0.1, 0.15) is 0 Å². The molecule has 2 aliphatic rings. The molecule has 0 radical (unpaired) electrons. The number of pyridine rings is 1. The van der Waals surface area contributed by atoms with E-state index >= 15 is 0 Å². The molecule has 4 nitrogen and oxygen atoms in total. The van der Waals surface area contributed by atoms with Crippen LogP contribution in [0.4, 0.5) is 5.69 Å². The number of hydrazine groups is 1. The number of nitrogens with zero attached hydrogens (tertiary/aromatic N) is 4. The molecule has 1 unspecified atom stereocenters. The summed E-state index contributed by atoms with van der Waals surface area (Å²) in [5.74, 6) is 0. The standard InChI is InChI=1S/C18H19N4/c1-3-18(2)13-22-20-10-11-21(22)17-12-14(7-8-15(17)18)16-6-4-5-9-19-16/h4-12H,3,13H2,1-2H3/q-1. The summed E-state index contributed by atoms with van der Waals surface area (Å²) in [6.07, 6.45) is 6.81. The normalized spacial score (nSPS) is 23.1. The minimum Gasteiger partial charge on any atom is -0.606 e. The maximum atomic E-state index is 4.47. The molecule has 0 spiro atoms. The summed E-state index contributed by atoms with van der Waals surface area (Å²) in [6.45, 7) is 5.47. The summed E-state index contributed by atoms with van der Waals surface area (Å²) in [6, 6.07) is 12.7. The van der Waals surface area contributed by atoms with Gasteiger partial charge in [-0.05, 0) is 36.4 Å². The van der Waals surface area contributed by atoms with Crippen LogP contribution in [0.15, 0.2) is 55.0 Å². The lowest BCUT2D eigenvalue weighted by Gasteiger charge is -2.50.